The monoisotopic (exact) mass is 1160 g/mol. The minimum atomic E-state index is -5.98. The first kappa shape index (κ1) is 69.7. The van der Waals surface area contributed by atoms with E-state index < -0.39 is 80.7 Å². The molecule has 10 atom stereocenters. The van der Waals surface area contributed by atoms with Gasteiger partial charge in [-0.15, -0.1) is 0 Å². The molecule has 4 aliphatic rings. The number of aliphatic hydroxyl groups is 4. The maximum Gasteiger partial charge on any atom is 0.438 e. The lowest BCUT2D eigenvalue weighted by Crippen LogP contribution is -2.55. The summed E-state index contributed by atoms with van der Waals surface area (Å²) in [7, 11) is -3.91. The van der Waals surface area contributed by atoms with Crippen molar-refractivity contribution in [2.75, 3.05) is 0 Å². The lowest BCUT2D eigenvalue weighted by Gasteiger charge is -2.52. The Balaban J connectivity index is 0.000000422. The van der Waals surface area contributed by atoms with Crippen LogP contribution in [0.2, 0.25) is 37.8 Å². The van der Waals surface area contributed by atoms with E-state index in [-0.39, 0.29) is 58.5 Å². The second-order valence-corrected chi connectivity index (χ2v) is 37.6. The molecule has 0 aromatic carbocycles. The van der Waals surface area contributed by atoms with Crippen molar-refractivity contribution in [1.29, 1.82) is 0 Å². The summed E-state index contributed by atoms with van der Waals surface area (Å²) in [4.78, 5) is 0. The van der Waals surface area contributed by atoms with Crippen molar-refractivity contribution in [2.45, 2.75) is 289 Å². The molecule has 4 saturated carbocycles. The number of hydrogen-bond acceptors (Lipinski definition) is 6. The molecule has 0 spiro atoms. The molecule has 0 bridgehead atoms. The number of alkyl halides is 12. The molecule has 4 N–H and O–H groups in total. The molecule has 20 heteroatoms. The molecule has 0 aliphatic heterocycles. The zero-order chi connectivity index (χ0) is 59.9. The average molecular weight is 1160 g/mol. The zero-order valence-corrected chi connectivity index (χ0v) is 50.8. The van der Waals surface area contributed by atoms with Crippen molar-refractivity contribution in [1.82, 2.24) is 0 Å². The van der Waals surface area contributed by atoms with E-state index in [2.05, 4.69) is 79.2 Å². The minimum Gasteiger partial charge on any atom is -0.414 e. The first-order valence-electron chi connectivity index (χ1n) is 27.7. The molecule has 4 rings (SSSR count). The van der Waals surface area contributed by atoms with Crippen LogP contribution >= 0.6 is 0 Å². The van der Waals surface area contributed by atoms with E-state index in [0.717, 1.165) is 57.3 Å². The summed E-state index contributed by atoms with van der Waals surface area (Å²) in [6.45, 7) is 32.9. The van der Waals surface area contributed by atoms with Gasteiger partial charge in [-0.25, -0.2) is 0 Å². The van der Waals surface area contributed by atoms with Crippen molar-refractivity contribution < 1.29 is 82.0 Å². The SMILES string of the molecule is CC(C)(CCCC(C)(CC#CC(O)(C(F)(F)F)C(F)(F)F)[C@H]1CCC2[C@@H](O[Si](C)(C)C(C)(C)C)CCC[C@@]21C)O[Si](C)(C)C.CC(C)(O)CCCC(C)(CC#CC(O)(C(F)(F)F)C(F)(F)F)[C@H]1CCC2[C@@H](O)CCC[C@@]21C. The van der Waals surface area contributed by atoms with Gasteiger partial charge in [0.2, 0.25) is 0 Å². The van der Waals surface area contributed by atoms with E-state index in [1.54, 1.807) is 13.8 Å². The lowest BCUT2D eigenvalue weighted by atomic mass is 9.56. The van der Waals surface area contributed by atoms with Gasteiger partial charge in [-0.05, 0) is 200 Å². The molecular formula is C57H94F12O6Si2. The van der Waals surface area contributed by atoms with Gasteiger partial charge in [0, 0.05) is 18.9 Å². The molecule has 0 aromatic rings. The van der Waals surface area contributed by atoms with E-state index in [1.807, 2.05) is 27.7 Å². The third-order valence-corrected chi connectivity index (χ3v) is 24.6. The summed E-state index contributed by atoms with van der Waals surface area (Å²) in [6.07, 6.45) is -13.0. The molecular weight excluding hydrogens is 1060 g/mol. The van der Waals surface area contributed by atoms with Gasteiger partial charge in [-0.2, -0.15) is 52.7 Å². The smallest absolute Gasteiger partial charge is 0.414 e. The molecule has 0 amide bonds. The first-order chi connectivity index (χ1) is 34.2. The molecule has 0 aromatic heterocycles. The number of fused-ring (bicyclic) bond motifs is 2. The molecule has 4 fully saturated rings. The quantitative estimate of drug-likeness (QED) is 0.0698. The molecule has 450 valence electrons. The minimum absolute atomic E-state index is 0.0279. The van der Waals surface area contributed by atoms with Crippen LogP contribution < -0.4 is 0 Å². The highest BCUT2D eigenvalue weighted by molar-refractivity contribution is 6.74. The second kappa shape index (κ2) is 23.6. The third-order valence-electron chi connectivity index (χ3n) is 18.9. The third kappa shape index (κ3) is 16.4. The molecule has 77 heavy (non-hydrogen) atoms. The fourth-order valence-corrected chi connectivity index (χ4v) is 17.3. The Morgan fingerprint density at radius 2 is 0.896 bits per heavy atom. The highest BCUT2D eigenvalue weighted by atomic mass is 28.4. The molecule has 0 saturated heterocycles. The highest BCUT2D eigenvalue weighted by Gasteiger charge is 2.71. The Morgan fingerprint density at radius 3 is 1.27 bits per heavy atom. The maximum atomic E-state index is 13.4. The van der Waals surface area contributed by atoms with E-state index in [0.29, 0.717) is 51.4 Å². The van der Waals surface area contributed by atoms with Crippen LogP contribution in [-0.4, -0.2) is 96.4 Å². The summed E-state index contributed by atoms with van der Waals surface area (Å²) in [5.41, 5.74) is -13.4. The highest BCUT2D eigenvalue weighted by Crippen LogP contribution is 2.65. The number of hydrogen-bond donors (Lipinski definition) is 4. The summed E-state index contributed by atoms with van der Waals surface area (Å²) in [5, 5.41) is 39.8. The first-order valence-corrected chi connectivity index (χ1v) is 34.0. The predicted octanol–water partition coefficient (Wildman–Crippen LogP) is 16.4. The molecule has 4 aliphatic carbocycles. The van der Waals surface area contributed by atoms with Gasteiger partial charge in [0.15, 0.2) is 16.6 Å². The molecule has 4 unspecified atom stereocenters. The second-order valence-electron chi connectivity index (χ2n) is 28.4. The summed E-state index contributed by atoms with van der Waals surface area (Å²) in [5.74, 6) is 6.92. The van der Waals surface area contributed by atoms with Crippen molar-refractivity contribution in [3.05, 3.63) is 0 Å². The van der Waals surface area contributed by atoms with Crippen LogP contribution in [0.1, 0.15) is 192 Å². The molecule has 0 radical (unpaired) electrons. The van der Waals surface area contributed by atoms with E-state index in [4.69, 9.17) is 8.85 Å². The number of aliphatic hydroxyl groups excluding tert-OH is 1. The van der Waals surface area contributed by atoms with Crippen LogP contribution in [0.3, 0.4) is 0 Å². The summed E-state index contributed by atoms with van der Waals surface area (Å²) < 4.78 is 172. The van der Waals surface area contributed by atoms with E-state index >= 15 is 0 Å². The lowest BCUT2D eigenvalue weighted by molar-refractivity contribution is -0.344. The van der Waals surface area contributed by atoms with Gasteiger partial charge < -0.3 is 29.3 Å². The Bertz CT molecular complexity index is 2050. The average Bonchev–Trinajstić information content (AvgIpc) is 3.76. The Hall–Kier alpha value is -1.53. The van der Waals surface area contributed by atoms with Gasteiger partial charge in [0.1, 0.15) is 0 Å². The molecule has 6 nitrogen and oxygen atoms in total. The van der Waals surface area contributed by atoms with Crippen LogP contribution in [0, 0.1) is 69.0 Å². The van der Waals surface area contributed by atoms with Crippen LogP contribution in [0.5, 0.6) is 0 Å². The topological polar surface area (TPSA) is 99.4 Å². The van der Waals surface area contributed by atoms with Gasteiger partial charge in [-0.3, -0.25) is 0 Å². The summed E-state index contributed by atoms with van der Waals surface area (Å²) >= 11 is 0. The van der Waals surface area contributed by atoms with Crippen molar-refractivity contribution in [3.8, 4) is 23.7 Å². The predicted molar refractivity (Wildman–Crippen MR) is 282 cm³/mol. The van der Waals surface area contributed by atoms with E-state index in [9.17, 15) is 73.1 Å². The van der Waals surface area contributed by atoms with Gasteiger partial charge in [-0.1, -0.05) is 86.0 Å². The fraction of sp³-hybridized carbons (Fsp3) is 0.930. The number of halogens is 12. The van der Waals surface area contributed by atoms with Gasteiger partial charge >= 0.3 is 35.9 Å². The van der Waals surface area contributed by atoms with Crippen LogP contribution in [0.4, 0.5) is 52.7 Å². The maximum absolute atomic E-state index is 13.4. The number of rotatable bonds is 16. The van der Waals surface area contributed by atoms with Gasteiger partial charge in [0.25, 0.3) is 0 Å². The van der Waals surface area contributed by atoms with E-state index in [1.165, 1.54) is 5.92 Å². The van der Waals surface area contributed by atoms with Gasteiger partial charge in [0.05, 0.1) is 17.3 Å². The van der Waals surface area contributed by atoms with Crippen LogP contribution in [-0.2, 0) is 8.85 Å². The Morgan fingerprint density at radius 1 is 0.519 bits per heavy atom. The van der Waals surface area contributed by atoms with Crippen molar-refractivity contribution in [3.63, 3.8) is 0 Å². The standard InChI is InChI=1S/C33H58F6O3Si2.C24H36F6O3/c1-27(2,3)44(11,12)41-25-16-13-22-30(7)24(25)17-18-26(30)29(6,20-14-19-28(4,5)42-43(8,9)10)21-15-23-31(40,32(34,35)36)33(37,38)39;1-19(2,32)11-6-12-20(3,13-7-15-22(33,23(25,26)27)24(28,29)30)18-10-9-16-17(31)8-5-14-21(16,18)4/h24-26,40H,13-14,16-22H2,1-12H3;16-18,31-33H,5-6,8-14H2,1-4H3/t24?,25-,26+,29?,30-;16?,17-,18+,20?,21-/m00/s1. The Kier molecular flexibility index (Phi) is 21.4. The normalized spacial score (nSPS) is 28.9. The van der Waals surface area contributed by atoms with Crippen molar-refractivity contribution >= 4 is 16.6 Å². The van der Waals surface area contributed by atoms with Crippen LogP contribution in [0.25, 0.3) is 0 Å². The summed E-state index contributed by atoms with van der Waals surface area (Å²) in [6, 6.07) is 0. The molecule has 0 heterocycles. The largest absolute Gasteiger partial charge is 0.438 e. The van der Waals surface area contributed by atoms with Crippen LogP contribution in [0.15, 0.2) is 0 Å². The fourth-order valence-electron chi connectivity index (χ4n) is 14.1. The zero-order valence-electron chi connectivity index (χ0n) is 48.8. The van der Waals surface area contributed by atoms with Crippen molar-refractivity contribution in [2.24, 2.45) is 45.3 Å². The Labute approximate surface area is 455 Å².